The van der Waals surface area contributed by atoms with Crippen LogP contribution in [0.4, 0.5) is 0 Å². The average molecular weight is 404 g/mol. The molecule has 2 amide bonds. The number of aromatic nitrogens is 2. The van der Waals surface area contributed by atoms with E-state index >= 15 is 0 Å². The first kappa shape index (κ1) is 19.8. The maximum Gasteiger partial charge on any atom is 0.276 e. The van der Waals surface area contributed by atoms with E-state index in [1.54, 1.807) is 18.5 Å². The average Bonchev–Trinajstić information content (AvgIpc) is 3.46. The van der Waals surface area contributed by atoms with Gasteiger partial charge in [0.15, 0.2) is 5.69 Å². The molecule has 4 rings (SSSR count). The van der Waals surface area contributed by atoms with E-state index in [1.165, 1.54) is 11.8 Å². The molecule has 7 nitrogen and oxygen atoms in total. The molecular formula is C23H24N4O3. The normalized spacial score (nSPS) is 15.9. The lowest BCUT2D eigenvalue weighted by Gasteiger charge is -2.15. The lowest BCUT2D eigenvalue weighted by Crippen LogP contribution is -2.29. The van der Waals surface area contributed by atoms with Gasteiger partial charge in [0.25, 0.3) is 5.91 Å². The lowest BCUT2D eigenvalue weighted by atomic mass is 9.97. The van der Waals surface area contributed by atoms with Crippen molar-refractivity contribution in [1.82, 2.24) is 20.4 Å². The number of benzene rings is 1. The van der Waals surface area contributed by atoms with Crippen LogP contribution in [0.3, 0.4) is 0 Å². The van der Waals surface area contributed by atoms with Crippen LogP contribution in [0.1, 0.15) is 33.6 Å². The molecule has 0 aliphatic carbocycles. The quantitative estimate of drug-likeness (QED) is 0.654. The van der Waals surface area contributed by atoms with Gasteiger partial charge >= 0.3 is 0 Å². The summed E-state index contributed by atoms with van der Waals surface area (Å²) < 4.78 is 4.77. The van der Waals surface area contributed by atoms with Crippen molar-refractivity contribution < 1.29 is 14.1 Å². The lowest BCUT2D eigenvalue weighted by molar-refractivity contribution is -0.120. The molecule has 0 spiro atoms. The Morgan fingerprint density at radius 3 is 2.53 bits per heavy atom. The second-order valence-corrected chi connectivity index (χ2v) is 7.62. The monoisotopic (exact) mass is 404 g/mol. The minimum absolute atomic E-state index is 0.00244. The summed E-state index contributed by atoms with van der Waals surface area (Å²) in [6.07, 6.45) is 7.10. The fourth-order valence-electron chi connectivity index (χ4n) is 3.74. The SMILES string of the molecule is O=C(Cc1ccc(CC2CCN(C(=O)c3ccon3)C2)cc1)NCc1ccncc1. The molecule has 1 atom stereocenters. The van der Waals surface area contributed by atoms with Gasteiger partial charge in [-0.2, -0.15) is 0 Å². The second kappa shape index (κ2) is 9.35. The van der Waals surface area contributed by atoms with E-state index in [9.17, 15) is 9.59 Å². The van der Waals surface area contributed by atoms with E-state index in [2.05, 4.69) is 27.6 Å². The smallest absolute Gasteiger partial charge is 0.276 e. The molecule has 1 aliphatic heterocycles. The Kier molecular flexibility index (Phi) is 6.17. The molecule has 154 valence electrons. The largest absolute Gasteiger partial charge is 0.364 e. The highest BCUT2D eigenvalue weighted by molar-refractivity contribution is 5.92. The summed E-state index contributed by atoms with van der Waals surface area (Å²) in [7, 11) is 0. The van der Waals surface area contributed by atoms with Crippen LogP contribution in [0.2, 0.25) is 0 Å². The first-order valence-electron chi connectivity index (χ1n) is 10.1. The summed E-state index contributed by atoms with van der Waals surface area (Å²) in [5, 5.41) is 6.66. The zero-order chi connectivity index (χ0) is 20.8. The number of carbonyl (C=O) groups is 2. The van der Waals surface area contributed by atoms with Crippen molar-refractivity contribution in [3.63, 3.8) is 0 Å². The summed E-state index contributed by atoms with van der Waals surface area (Å²) in [4.78, 5) is 30.3. The summed E-state index contributed by atoms with van der Waals surface area (Å²) in [6, 6.07) is 13.5. The van der Waals surface area contributed by atoms with Crippen LogP contribution in [0.5, 0.6) is 0 Å². The predicted molar refractivity (Wildman–Crippen MR) is 110 cm³/mol. The van der Waals surface area contributed by atoms with E-state index in [4.69, 9.17) is 4.52 Å². The van der Waals surface area contributed by atoms with Crippen LogP contribution in [0.15, 0.2) is 65.6 Å². The van der Waals surface area contributed by atoms with E-state index < -0.39 is 0 Å². The van der Waals surface area contributed by atoms with Crippen molar-refractivity contribution in [2.75, 3.05) is 13.1 Å². The maximum atomic E-state index is 12.4. The van der Waals surface area contributed by atoms with Gasteiger partial charge < -0.3 is 14.7 Å². The molecule has 3 aromatic rings. The number of nitrogens with one attached hydrogen (secondary N) is 1. The summed E-state index contributed by atoms with van der Waals surface area (Å²) in [6.45, 7) is 1.97. The van der Waals surface area contributed by atoms with Crippen LogP contribution < -0.4 is 5.32 Å². The van der Waals surface area contributed by atoms with Crippen molar-refractivity contribution in [1.29, 1.82) is 0 Å². The van der Waals surface area contributed by atoms with E-state index in [1.807, 2.05) is 29.2 Å². The molecule has 1 aliphatic rings. The minimum atomic E-state index is -0.0700. The Balaban J connectivity index is 1.24. The Morgan fingerprint density at radius 1 is 1.03 bits per heavy atom. The van der Waals surface area contributed by atoms with Crippen LogP contribution in [-0.2, 0) is 24.2 Å². The first-order chi connectivity index (χ1) is 14.7. The molecule has 0 bridgehead atoms. The minimum Gasteiger partial charge on any atom is -0.364 e. The van der Waals surface area contributed by atoms with Crippen LogP contribution in [-0.4, -0.2) is 39.9 Å². The Labute approximate surface area is 175 Å². The zero-order valence-corrected chi connectivity index (χ0v) is 16.7. The van der Waals surface area contributed by atoms with Crippen molar-refractivity contribution in [3.8, 4) is 0 Å². The predicted octanol–water partition coefficient (Wildman–Crippen LogP) is 2.63. The van der Waals surface area contributed by atoms with Gasteiger partial charge in [0.2, 0.25) is 5.91 Å². The summed E-state index contributed by atoms with van der Waals surface area (Å²) >= 11 is 0. The third-order valence-corrected chi connectivity index (χ3v) is 5.38. The molecule has 1 N–H and O–H groups in total. The van der Waals surface area contributed by atoms with Crippen LogP contribution in [0.25, 0.3) is 0 Å². The molecular weight excluding hydrogens is 380 g/mol. The molecule has 2 aromatic heterocycles. The van der Waals surface area contributed by atoms with Gasteiger partial charge in [-0.1, -0.05) is 29.4 Å². The van der Waals surface area contributed by atoms with E-state index in [-0.39, 0.29) is 11.8 Å². The van der Waals surface area contributed by atoms with Gasteiger partial charge in [0.05, 0.1) is 6.42 Å². The molecule has 3 heterocycles. The number of nitrogens with zero attached hydrogens (tertiary/aromatic N) is 3. The molecule has 1 fully saturated rings. The van der Waals surface area contributed by atoms with Gasteiger partial charge in [-0.25, -0.2) is 0 Å². The van der Waals surface area contributed by atoms with Gasteiger partial charge in [0.1, 0.15) is 6.26 Å². The van der Waals surface area contributed by atoms with E-state index in [0.29, 0.717) is 24.6 Å². The molecule has 0 radical (unpaired) electrons. The maximum absolute atomic E-state index is 12.4. The molecule has 0 saturated carbocycles. The van der Waals surface area contributed by atoms with Crippen molar-refractivity contribution >= 4 is 11.8 Å². The molecule has 1 unspecified atom stereocenters. The van der Waals surface area contributed by atoms with Crippen molar-refractivity contribution in [2.45, 2.75) is 25.8 Å². The number of rotatable bonds is 7. The van der Waals surface area contributed by atoms with Crippen molar-refractivity contribution in [3.05, 3.63) is 83.5 Å². The Morgan fingerprint density at radius 2 is 1.80 bits per heavy atom. The second-order valence-electron chi connectivity index (χ2n) is 7.62. The van der Waals surface area contributed by atoms with Gasteiger partial charge in [0, 0.05) is 38.1 Å². The molecule has 1 aromatic carbocycles. The Bertz CT molecular complexity index is 971. The highest BCUT2D eigenvalue weighted by atomic mass is 16.5. The molecule has 1 saturated heterocycles. The number of hydrogen-bond donors (Lipinski definition) is 1. The molecule has 7 heteroatoms. The van der Waals surface area contributed by atoms with Gasteiger partial charge in [-0.15, -0.1) is 0 Å². The van der Waals surface area contributed by atoms with Crippen LogP contribution in [0, 0.1) is 5.92 Å². The highest BCUT2D eigenvalue weighted by Crippen LogP contribution is 2.22. The third-order valence-electron chi connectivity index (χ3n) is 5.38. The fraction of sp³-hybridized carbons (Fsp3) is 0.304. The van der Waals surface area contributed by atoms with Gasteiger partial charge in [-0.3, -0.25) is 14.6 Å². The topological polar surface area (TPSA) is 88.3 Å². The van der Waals surface area contributed by atoms with Crippen LogP contribution >= 0.6 is 0 Å². The zero-order valence-electron chi connectivity index (χ0n) is 16.7. The number of amides is 2. The Hall–Kier alpha value is -3.48. The molecule has 30 heavy (non-hydrogen) atoms. The number of carbonyl (C=O) groups excluding carboxylic acids is 2. The first-order valence-corrected chi connectivity index (χ1v) is 10.1. The fourth-order valence-corrected chi connectivity index (χ4v) is 3.74. The summed E-state index contributed by atoms with van der Waals surface area (Å²) in [5.74, 6) is 0.354. The number of pyridine rings is 1. The number of hydrogen-bond acceptors (Lipinski definition) is 5. The van der Waals surface area contributed by atoms with Crippen molar-refractivity contribution in [2.24, 2.45) is 5.92 Å². The van der Waals surface area contributed by atoms with Gasteiger partial charge in [-0.05, 0) is 47.6 Å². The standard InChI is InChI=1S/C23H24N4O3/c28-22(25-15-19-5-9-24-10-6-19)14-18-3-1-17(2-4-18)13-20-7-11-27(16-20)23(29)21-8-12-30-26-21/h1-6,8-10,12,20H,7,11,13-16H2,(H,25,28). The summed E-state index contributed by atoms with van der Waals surface area (Å²) in [5.41, 5.74) is 3.60. The number of likely N-dealkylation sites (tertiary alicyclic amines) is 1. The van der Waals surface area contributed by atoms with E-state index in [0.717, 1.165) is 37.1 Å². The third kappa shape index (κ3) is 5.11. The highest BCUT2D eigenvalue weighted by Gasteiger charge is 2.28.